The van der Waals surface area contributed by atoms with E-state index in [2.05, 4.69) is 66.9 Å². The first-order valence-corrected chi connectivity index (χ1v) is 8.93. The third kappa shape index (κ3) is 4.18. The zero-order valence-corrected chi connectivity index (χ0v) is 16.6. The van der Waals surface area contributed by atoms with Gasteiger partial charge in [-0.2, -0.15) is 0 Å². The summed E-state index contributed by atoms with van der Waals surface area (Å²) in [7, 11) is 0. The van der Waals surface area contributed by atoms with Crippen molar-refractivity contribution < 1.29 is 10.2 Å². The minimum Gasteiger partial charge on any atom is -0.507 e. The molecule has 2 aliphatic carbocycles. The van der Waals surface area contributed by atoms with Crippen molar-refractivity contribution in [1.29, 1.82) is 0 Å². The Labute approximate surface area is 152 Å². The molecule has 0 radical (unpaired) electrons. The van der Waals surface area contributed by atoms with Crippen LogP contribution in [0.1, 0.15) is 60.8 Å². The van der Waals surface area contributed by atoms with Gasteiger partial charge in [-0.15, -0.1) is 0 Å². The van der Waals surface area contributed by atoms with Crippen molar-refractivity contribution in [3.05, 3.63) is 70.3 Å². The number of hydrogen-bond acceptors (Lipinski definition) is 2. The highest BCUT2D eigenvalue weighted by atomic mass is 16.3. The van der Waals surface area contributed by atoms with Crippen molar-refractivity contribution >= 4 is 0 Å². The van der Waals surface area contributed by atoms with Crippen LogP contribution < -0.4 is 0 Å². The predicted molar refractivity (Wildman–Crippen MR) is 107 cm³/mol. The summed E-state index contributed by atoms with van der Waals surface area (Å²) in [4.78, 5) is 0. The molecule has 2 N–H and O–H groups in total. The Morgan fingerprint density at radius 1 is 0.760 bits per heavy atom. The quantitative estimate of drug-likeness (QED) is 0.576. The number of hydrogen-bond donors (Lipinski definition) is 2. The van der Waals surface area contributed by atoms with E-state index < -0.39 is 0 Å². The fraction of sp³-hybridized carbons (Fsp3) is 0.478. The number of rotatable bonds is 2. The molecule has 2 heteroatoms. The van der Waals surface area contributed by atoms with Gasteiger partial charge in [0.25, 0.3) is 0 Å². The highest BCUT2D eigenvalue weighted by Crippen LogP contribution is 2.42. The summed E-state index contributed by atoms with van der Waals surface area (Å²) in [5, 5.41) is 20.8. The van der Waals surface area contributed by atoms with Crippen LogP contribution in [0, 0.1) is 10.8 Å². The average Bonchev–Trinajstić information content (AvgIpc) is 2.43. The zero-order chi connectivity index (χ0) is 19.2. The zero-order valence-electron chi connectivity index (χ0n) is 16.6. The monoisotopic (exact) mass is 340 g/mol. The minimum absolute atomic E-state index is 0.127. The Bertz CT molecular complexity index is 674. The summed E-state index contributed by atoms with van der Waals surface area (Å²) in [6, 6.07) is 0. The molecule has 0 unspecified atom stereocenters. The highest BCUT2D eigenvalue weighted by Gasteiger charge is 2.28. The first-order valence-electron chi connectivity index (χ1n) is 8.93. The molecular formula is C23H32O2. The van der Waals surface area contributed by atoms with Crippen molar-refractivity contribution in [2.75, 3.05) is 0 Å². The van der Waals surface area contributed by atoms with Gasteiger partial charge in [-0.1, -0.05) is 78.0 Å². The second-order valence-corrected chi connectivity index (χ2v) is 9.37. The van der Waals surface area contributed by atoms with Gasteiger partial charge >= 0.3 is 0 Å². The molecule has 0 atom stereocenters. The Kier molecular flexibility index (Phi) is 4.96. The summed E-state index contributed by atoms with van der Waals surface area (Å²) in [5.41, 5.74) is 5.71. The second kappa shape index (κ2) is 6.40. The summed E-state index contributed by atoms with van der Waals surface area (Å²) in [6.45, 7) is 20.7. The smallest absolute Gasteiger partial charge is 0.122 e. The molecule has 0 aromatic rings. The van der Waals surface area contributed by atoms with Gasteiger partial charge in [0.15, 0.2) is 0 Å². The Morgan fingerprint density at radius 2 is 1.08 bits per heavy atom. The minimum atomic E-state index is -0.127. The molecule has 0 aromatic heterocycles. The van der Waals surface area contributed by atoms with Gasteiger partial charge in [-0.3, -0.25) is 0 Å². The van der Waals surface area contributed by atoms with Gasteiger partial charge in [0.05, 0.1) is 0 Å². The van der Waals surface area contributed by atoms with E-state index in [9.17, 15) is 10.2 Å². The average molecular weight is 341 g/mol. The van der Waals surface area contributed by atoms with Gasteiger partial charge in [0, 0.05) is 0 Å². The lowest BCUT2D eigenvalue weighted by molar-refractivity contribution is 0.383. The predicted octanol–water partition coefficient (Wildman–Crippen LogP) is 6.87. The number of aliphatic hydroxyl groups excluding tert-OH is 2. The lowest BCUT2D eigenvalue weighted by Gasteiger charge is -2.30. The van der Waals surface area contributed by atoms with E-state index in [4.69, 9.17) is 0 Å². The van der Waals surface area contributed by atoms with Crippen LogP contribution in [-0.4, -0.2) is 10.2 Å². The molecule has 0 spiro atoms. The van der Waals surface area contributed by atoms with Crippen LogP contribution in [0.5, 0.6) is 0 Å². The van der Waals surface area contributed by atoms with E-state index in [-0.39, 0.29) is 10.8 Å². The van der Waals surface area contributed by atoms with Crippen molar-refractivity contribution in [3.63, 3.8) is 0 Å². The Morgan fingerprint density at radius 3 is 1.36 bits per heavy atom. The van der Waals surface area contributed by atoms with E-state index in [0.717, 1.165) is 28.7 Å². The maximum atomic E-state index is 10.4. The fourth-order valence-corrected chi connectivity index (χ4v) is 3.41. The van der Waals surface area contributed by atoms with Crippen molar-refractivity contribution in [2.45, 2.75) is 60.8 Å². The standard InChI is InChI=1S/C23H32O2/c1-14-9-16(12-18(20(14)24)22(3,4)5)11-17-10-15(2)21(25)19(13-17)23(6,7)8/h12-13,24-25H,1-2,9-11H2,3-8H3. The maximum Gasteiger partial charge on any atom is 0.122 e. The van der Waals surface area contributed by atoms with Crippen LogP contribution >= 0.6 is 0 Å². The lowest BCUT2D eigenvalue weighted by Crippen LogP contribution is -2.17. The first-order chi connectivity index (χ1) is 11.3. The van der Waals surface area contributed by atoms with Crippen LogP contribution in [0.2, 0.25) is 0 Å². The van der Waals surface area contributed by atoms with Crippen molar-refractivity contribution in [1.82, 2.24) is 0 Å². The number of allylic oxidation sites excluding steroid dienone is 8. The summed E-state index contributed by atoms with van der Waals surface area (Å²) in [5.74, 6) is 0.678. The summed E-state index contributed by atoms with van der Waals surface area (Å²) >= 11 is 0. The van der Waals surface area contributed by atoms with Crippen LogP contribution in [0.3, 0.4) is 0 Å². The fourth-order valence-electron chi connectivity index (χ4n) is 3.41. The maximum absolute atomic E-state index is 10.4. The summed E-state index contributed by atoms with van der Waals surface area (Å²) in [6.07, 6.45) is 6.45. The van der Waals surface area contributed by atoms with Crippen molar-refractivity contribution in [2.24, 2.45) is 10.8 Å². The van der Waals surface area contributed by atoms with Gasteiger partial charge in [0.1, 0.15) is 11.5 Å². The van der Waals surface area contributed by atoms with Crippen molar-refractivity contribution in [3.8, 4) is 0 Å². The van der Waals surface area contributed by atoms with E-state index in [1.165, 1.54) is 11.1 Å². The third-order valence-electron chi connectivity index (χ3n) is 4.83. The van der Waals surface area contributed by atoms with Gasteiger partial charge in [-0.05, 0) is 52.4 Å². The molecule has 136 valence electrons. The van der Waals surface area contributed by atoms with E-state index in [1.54, 1.807) is 0 Å². The highest BCUT2D eigenvalue weighted by molar-refractivity contribution is 5.50. The van der Waals surface area contributed by atoms with Crippen LogP contribution in [-0.2, 0) is 0 Å². The van der Waals surface area contributed by atoms with Gasteiger partial charge in [0.2, 0.25) is 0 Å². The van der Waals surface area contributed by atoms with Crippen LogP contribution in [0.4, 0.5) is 0 Å². The molecule has 0 aromatic carbocycles. The molecule has 2 aliphatic rings. The van der Waals surface area contributed by atoms with Crippen LogP contribution in [0.15, 0.2) is 70.3 Å². The normalized spacial score (nSPS) is 20.1. The molecule has 0 fully saturated rings. The molecule has 25 heavy (non-hydrogen) atoms. The largest absolute Gasteiger partial charge is 0.507 e. The molecule has 0 heterocycles. The third-order valence-corrected chi connectivity index (χ3v) is 4.83. The topological polar surface area (TPSA) is 40.5 Å². The molecular weight excluding hydrogens is 308 g/mol. The van der Waals surface area contributed by atoms with Crippen LogP contribution in [0.25, 0.3) is 0 Å². The second-order valence-electron chi connectivity index (χ2n) is 9.37. The van der Waals surface area contributed by atoms with E-state index >= 15 is 0 Å². The van der Waals surface area contributed by atoms with E-state index in [0.29, 0.717) is 24.4 Å². The summed E-state index contributed by atoms with van der Waals surface area (Å²) < 4.78 is 0. The molecule has 0 bridgehead atoms. The molecule has 2 rings (SSSR count). The molecule has 0 aliphatic heterocycles. The van der Waals surface area contributed by atoms with Gasteiger partial charge in [-0.25, -0.2) is 0 Å². The Hall–Kier alpha value is -1.96. The Balaban J connectivity index is 2.37. The molecule has 2 nitrogen and oxygen atoms in total. The SMILES string of the molecule is C=C1CC(CC2=CC(C(C)(C)C)=C(O)C(=C)C2)=CC(C(C)(C)C)=C1O. The first kappa shape index (κ1) is 19.4. The molecule has 0 amide bonds. The molecule has 0 saturated heterocycles. The molecule has 0 saturated carbocycles. The van der Waals surface area contributed by atoms with Gasteiger partial charge < -0.3 is 10.2 Å². The van der Waals surface area contributed by atoms with E-state index in [1.807, 2.05) is 0 Å². The number of aliphatic hydroxyl groups is 2. The lowest BCUT2D eigenvalue weighted by atomic mass is 9.76.